The Bertz CT molecular complexity index is 277. The van der Waals surface area contributed by atoms with Gasteiger partial charge in [-0.25, -0.2) is 0 Å². The van der Waals surface area contributed by atoms with Crippen LogP contribution in [0.4, 0.5) is 13.2 Å². The van der Waals surface area contributed by atoms with E-state index in [0.29, 0.717) is 5.57 Å². The van der Waals surface area contributed by atoms with Crippen LogP contribution < -0.4 is 0 Å². The molecule has 0 aliphatic heterocycles. The summed E-state index contributed by atoms with van der Waals surface area (Å²) in [4.78, 5) is 3.29. The highest BCUT2D eigenvalue weighted by Crippen LogP contribution is 2.28. The Morgan fingerprint density at radius 2 is 1.93 bits per heavy atom. The van der Waals surface area contributed by atoms with Crippen LogP contribution in [0.25, 0.3) is 0 Å². The molecule has 0 radical (unpaired) electrons. The lowest BCUT2D eigenvalue weighted by Crippen LogP contribution is -2.15. The average Bonchev–Trinajstić information content (AvgIpc) is 2.01. The molecule has 0 bridgehead atoms. The number of alkyl halides is 3. The maximum absolute atomic E-state index is 12.0. The van der Waals surface area contributed by atoms with E-state index in [4.69, 9.17) is 0 Å². The maximum Gasteiger partial charge on any atom is 0.573 e. The fourth-order valence-corrected chi connectivity index (χ4v) is 1.13. The van der Waals surface area contributed by atoms with Crippen LogP contribution in [-0.2, 0) is 4.74 Å². The standard InChI is InChI=1S/C10H14F3NO/c1-5-8(7(2)3)9(6-14-4)15-10(11,12)13/h5-7H,4H2,1-3H3/b8-5-,9-6+. The van der Waals surface area contributed by atoms with Crippen molar-refractivity contribution < 1.29 is 17.9 Å². The molecule has 0 atom stereocenters. The lowest BCUT2D eigenvalue weighted by Gasteiger charge is -2.17. The minimum atomic E-state index is -4.71. The third-order valence-electron chi connectivity index (χ3n) is 1.65. The lowest BCUT2D eigenvalue weighted by atomic mass is 10.0. The summed E-state index contributed by atoms with van der Waals surface area (Å²) in [6, 6.07) is 0. The molecule has 0 spiro atoms. The van der Waals surface area contributed by atoms with Crippen molar-refractivity contribution in [3.05, 3.63) is 23.6 Å². The summed E-state index contributed by atoms with van der Waals surface area (Å²) in [5.41, 5.74) is 0.444. The SMILES string of the molecule is C=N/C=C(OC(F)(F)F)\C(=C/C)C(C)C. The van der Waals surface area contributed by atoms with E-state index in [0.717, 1.165) is 6.20 Å². The number of halogens is 3. The summed E-state index contributed by atoms with van der Waals surface area (Å²) in [7, 11) is 0. The third-order valence-corrected chi connectivity index (χ3v) is 1.65. The normalized spacial score (nSPS) is 14.3. The van der Waals surface area contributed by atoms with Gasteiger partial charge in [0, 0.05) is 0 Å². The molecular formula is C10H14F3NO. The highest BCUT2D eigenvalue weighted by atomic mass is 19.4. The van der Waals surface area contributed by atoms with Gasteiger partial charge in [-0.1, -0.05) is 19.9 Å². The van der Waals surface area contributed by atoms with Gasteiger partial charge in [0.15, 0.2) is 5.76 Å². The molecule has 15 heavy (non-hydrogen) atoms. The van der Waals surface area contributed by atoms with Crippen molar-refractivity contribution in [2.24, 2.45) is 10.9 Å². The summed E-state index contributed by atoms with van der Waals surface area (Å²) < 4.78 is 40.0. The van der Waals surface area contributed by atoms with E-state index in [2.05, 4.69) is 16.4 Å². The number of hydrogen-bond donors (Lipinski definition) is 0. The van der Waals surface area contributed by atoms with Crippen LogP contribution >= 0.6 is 0 Å². The van der Waals surface area contributed by atoms with E-state index in [-0.39, 0.29) is 11.7 Å². The van der Waals surface area contributed by atoms with Crippen LogP contribution in [0.15, 0.2) is 28.6 Å². The van der Waals surface area contributed by atoms with Gasteiger partial charge in [0.2, 0.25) is 0 Å². The first-order valence-corrected chi connectivity index (χ1v) is 4.40. The molecule has 5 heteroatoms. The van der Waals surface area contributed by atoms with Gasteiger partial charge in [-0.15, -0.1) is 13.2 Å². The van der Waals surface area contributed by atoms with Gasteiger partial charge in [0.05, 0.1) is 6.20 Å². The first-order valence-electron chi connectivity index (χ1n) is 4.40. The molecule has 0 N–H and O–H groups in total. The molecule has 0 heterocycles. The molecule has 0 saturated carbocycles. The van der Waals surface area contributed by atoms with Gasteiger partial charge in [0.1, 0.15) is 0 Å². The van der Waals surface area contributed by atoms with E-state index < -0.39 is 6.36 Å². The van der Waals surface area contributed by atoms with Crippen LogP contribution in [0, 0.1) is 5.92 Å². The van der Waals surface area contributed by atoms with E-state index in [1.54, 1.807) is 26.8 Å². The smallest absolute Gasteiger partial charge is 0.404 e. The fourth-order valence-electron chi connectivity index (χ4n) is 1.13. The van der Waals surface area contributed by atoms with Crippen LogP contribution in [0.3, 0.4) is 0 Å². The molecule has 0 aromatic heterocycles. The van der Waals surface area contributed by atoms with E-state index in [9.17, 15) is 13.2 Å². The van der Waals surface area contributed by atoms with Gasteiger partial charge < -0.3 is 4.74 Å². The zero-order chi connectivity index (χ0) is 12.1. The Hall–Kier alpha value is -1.26. The van der Waals surface area contributed by atoms with Crippen LogP contribution in [0.2, 0.25) is 0 Å². The number of rotatable bonds is 4. The monoisotopic (exact) mass is 221 g/mol. The number of aliphatic imine (C=N–C) groups is 1. The Morgan fingerprint density at radius 1 is 1.40 bits per heavy atom. The predicted molar refractivity (Wildman–Crippen MR) is 53.4 cm³/mol. The molecule has 0 amide bonds. The average molecular weight is 221 g/mol. The second-order valence-corrected chi connectivity index (χ2v) is 3.12. The van der Waals surface area contributed by atoms with Crippen molar-refractivity contribution in [2.45, 2.75) is 27.1 Å². The molecule has 0 saturated heterocycles. The second-order valence-electron chi connectivity index (χ2n) is 3.12. The Balaban J connectivity index is 4.99. The third kappa shape index (κ3) is 5.24. The largest absolute Gasteiger partial charge is 0.573 e. The molecule has 0 aliphatic rings. The minimum Gasteiger partial charge on any atom is -0.404 e. The zero-order valence-electron chi connectivity index (χ0n) is 8.93. The van der Waals surface area contributed by atoms with Crippen molar-refractivity contribution in [2.75, 3.05) is 0 Å². The van der Waals surface area contributed by atoms with Gasteiger partial charge >= 0.3 is 6.36 Å². The number of nitrogens with zero attached hydrogens (tertiary/aromatic N) is 1. The lowest BCUT2D eigenvalue weighted by molar-refractivity contribution is -0.304. The molecule has 0 fully saturated rings. The van der Waals surface area contributed by atoms with Crippen LogP contribution in [0.1, 0.15) is 20.8 Å². The highest BCUT2D eigenvalue weighted by Gasteiger charge is 2.33. The Morgan fingerprint density at radius 3 is 2.20 bits per heavy atom. The Kier molecular flexibility index (Phi) is 5.11. The molecule has 0 aromatic rings. The first kappa shape index (κ1) is 13.7. The predicted octanol–water partition coefficient (Wildman–Crippen LogP) is 3.67. The molecular weight excluding hydrogens is 207 g/mol. The summed E-state index contributed by atoms with van der Waals surface area (Å²) in [5, 5.41) is 0. The Labute approximate surface area is 87.1 Å². The summed E-state index contributed by atoms with van der Waals surface area (Å²) in [5.74, 6) is -0.389. The van der Waals surface area contributed by atoms with Crippen LogP contribution in [-0.4, -0.2) is 13.1 Å². The molecule has 0 aliphatic carbocycles. The molecule has 0 rings (SSSR count). The molecule has 0 unspecified atom stereocenters. The molecule has 0 aromatic carbocycles. The summed E-state index contributed by atoms with van der Waals surface area (Å²) in [6.07, 6.45) is -2.18. The van der Waals surface area contributed by atoms with E-state index in [1.807, 2.05) is 0 Å². The van der Waals surface area contributed by atoms with Crippen molar-refractivity contribution in [1.82, 2.24) is 0 Å². The van der Waals surface area contributed by atoms with Crippen molar-refractivity contribution >= 4 is 6.72 Å². The quantitative estimate of drug-likeness (QED) is 0.403. The van der Waals surface area contributed by atoms with Gasteiger partial charge in [-0.05, 0) is 25.1 Å². The van der Waals surface area contributed by atoms with Gasteiger partial charge in [-0.2, -0.15) is 0 Å². The van der Waals surface area contributed by atoms with E-state index >= 15 is 0 Å². The number of hydrogen-bond acceptors (Lipinski definition) is 2. The fraction of sp³-hybridized carbons (Fsp3) is 0.500. The first-order chi connectivity index (χ1) is 6.81. The topological polar surface area (TPSA) is 21.6 Å². The van der Waals surface area contributed by atoms with Crippen molar-refractivity contribution in [3.8, 4) is 0 Å². The van der Waals surface area contributed by atoms with Crippen molar-refractivity contribution in [3.63, 3.8) is 0 Å². The number of allylic oxidation sites excluding steroid dienone is 2. The molecule has 2 nitrogen and oxygen atoms in total. The van der Waals surface area contributed by atoms with Gasteiger partial charge in [0.25, 0.3) is 0 Å². The minimum absolute atomic E-state index is 0.0784. The van der Waals surface area contributed by atoms with Gasteiger partial charge in [-0.3, -0.25) is 4.99 Å². The summed E-state index contributed by atoms with van der Waals surface area (Å²) in [6.45, 7) is 8.29. The second kappa shape index (κ2) is 5.58. The molecule has 86 valence electrons. The number of ether oxygens (including phenoxy) is 1. The highest BCUT2D eigenvalue weighted by molar-refractivity contribution is 5.31. The van der Waals surface area contributed by atoms with E-state index in [1.165, 1.54) is 0 Å². The zero-order valence-corrected chi connectivity index (χ0v) is 8.93. The summed E-state index contributed by atoms with van der Waals surface area (Å²) >= 11 is 0. The van der Waals surface area contributed by atoms with Crippen molar-refractivity contribution in [1.29, 1.82) is 0 Å². The van der Waals surface area contributed by atoms with Crippen LogP contribution in [0.5, 0.6) is 0 Å². The maximum atomic E-state index is 12.0.